The van der Waals surface area contributed by atoms with Gasteiger partial charge in [0.05, 0.1) is 11.1 Å². The van der Waals surface area contributed by atoms with E-state index >= 15 is 0 Å². The zero-order valence-electron chi connectivity index (χ0n) is 8.92. The maximum atomic E-state index is 12.3. The van der Waals surface area contributed by atoms with Gasteiger partial charge in [-0.3, -0.25) is 0 Å². The van der Waals surface area contributed by atoms with Crippen molar-refractivity contribution < 1.29 is 8.42 Å². The van der Waals surface area contributed by atoms with Gasteiger partial charge in [0.1, 0.15) is 10.7 Å². The van der Waals surface area contributed by atoms with E-state index in [4.69, 9.17) is 18.0 Å². The Morgan fingerprint density at radius 2 is 1.89 bits per heavy atom. The Morgan fingerprint density at radius 1 is 1.28 bits per heavy atom. The number of rotatable bonds is 2. The molecule has 94 valence electrons. The van der Waals surface area contributed by atoms with Crippen molar-refractivity contribution >= 4 is 43.8 Å². The van der Waals surface area contributed by atoms with Gasteiger partial charge >= 0.3 is 0 Å². The largest absolute Gasteiger partial charge is 0.384 e. The normalized spacial score (nSPS) is 11.4. The number of nitrogen functional groups attached to an aromatic ring is 1. The summed E-state index contributed by atoms with van der Waals surface area (Å²) in [5.41, 5.74) is 5.62. The van der Waals surface area contributed by atoms with Crippen molar-refractivity contribution in [3.63, 3.8) is 0 Å². The Morgan fingerprint density at radius 3 is 2.44 bits per heavy atom. The molecule has 8 heteroatoms. The number of hydrogen-bond donors (Lipinski definition) is 2. The lowest BCUT2D eigenvalue weighted by Crippen LogP contribution is -2.08. The van der Waals surface area contributed by atoms with Crippen LogP contribution in [0.25, 0.3) is 0 Å². The molecule has 0 aliphatic heterocycles. The molecule has 0 amide bonds. The Balaban J connectivity index is 2.61. The van der Waals surface area contributed by atoms with Gasteiger partial charge in [0, 0.05) is 4.47 Å². The minimum atomic E-state index is -3.69. The molecule has 0 saturated carbocycles. The van der Waals surface area contributed by atoms with Crippen LogP contribution in [0.1, 0.15) is 0 Å². The number of hydrogen-bond acceptors (Lipinski definition) is 5. The number of nitrogens with zero attached hydrogens (tertiary/aromatic N) is 1. The molecule has 0 atom stereocenters. The standard InChI is InChI=1S/C10H8BrN3O2S2/c11-6-1-3-7(4-2-6)18(15,16)8-5-13-10(17)14-9(8)12/h1-5H,(H3,12,13,14,17). The second-order valence-electron chi connectivity index (χ2n) is 3.42. The summed E-state index contributed by atoms with van der Waals surface area (Å²) in [5.74, 6) is -0.0158. The molecule has 0 aliphatic rings. The van der Waals surface area contributed by atoms with E-state index < -0.39 is 9.84 Å². The Labute approximate surface area is 117 Å². The second kappa shape index (κ2) is 4.79. The molecule has 18 heavy (non-hydrogen) atoms. The van der Waals surface area contributed by atoms with Gasteiger partial charge in [-0.25, -0.2) is 13.4 Å². The number of H-pyrrole nitrogens is 1. The molecule has 0 aliphatic carbocycles. The molecule has 2 aromatic rings. The monoisotopic (exact) mass is 345 g/mol. The van der Waals surface area contributed by atoms with Crippen LogP contribution in [-0.2, 0) is 9.84 Å². The quantitative estimate of drug-likeness (QED) is 0.815. The summed E-state index contributed by atoms with van der Waals surface area (Å²) in [6, 6.07) is 6.25. The molecular formula is C10H8BrN3O2S2. The molecule has 2 rings (SSSR count). The smallest absolute Gasteiger partial charge is 0.211 e. The van der Waals surface area contributed by atoms with Gasteiger partial charge in [0.2, 0.25) is 9.84 Å². The summed E-state index contributed by atoms with van der Waals surface area (Å²) in [4.78, 5) is 6.32. The van der Waals surface area contributed by atoms with Gasteiger partial charge < -0.3 is 10.7 Å². The van der Waals surface area contributed by atoms with Crippen molar-refractivity contribution in [1.29, 1.82) is 0 Å². The SMILES string of the molecule is Nc1[nH]c(=S)ncc1S(=O)(=O)c1ccc(Br)cc1. The molecule has 0 fully saturated rings. The van der Waals surface area contributed by atoms with Crippen molar-refractivity contribution in [2.24, 2.45) is 0 Å². The number of aromatic amines is 1. The van der Waals surface area contributed by atoms with Crippen LogP contribution >= 0.6 is 28.1 Å². The van der Waals surface area contributed by atoms with Crippen molar-refractivity contribution in [2.75, 3.05) is 5.73 Å². The van der Waals surface area contributed by atoms with E-state index in [0.717, 1.165) is 10.7 Å². The van der Waals surface area contributed by atoms with E-state index in [1.165, 1.54) is 12.1 Å². The summed E-state index contributed by atoms with van der Waals surface area (Å²) >= 11 is 8.01. The van der Waals surface area contributed by atoms with Gasteiger partial charge in [-0.2, -0.15) is 0 Å². The second-order valence-corrected chi connectivity index (χ2v) is 6.64. The minimum Gasteiger partial charge on any atom is -0.384 e. The molecule has 3 N–H and O–H groups in total. The number of benzene rings is 1. The Hall–Kier alpha value is -1.25. The molecule has 5 nitrogen and oxygen atoms in total. The summed E-state index contributed by atoms with van der Waals surface area (Å²) in [7, 11) is -3.69. The number of anilines is 1. The first-order valence-corrected chi connectivity index (χ1v) is 7.45. The maximum absolute atomic E-state index is 12.3. The van der Waals surface area contributed by atoms with Crippen molar-refractivity contribution in [1.82, 2.24) is 9.97 Å². The third kappa shape index (κ3) is 2.45. The maximum Gasteiger partial charge on any atom is 0.211 e. The lowest BCUT2D eigenvalue weighted by molar-refractivity contribution is 0.595. The predicted molar refractivity (Wildman–Crippen MR) is 73.4 cm³/mol. The summed E-state index contributed by atoms with van der Waals surface area (Å²) < 4.78 is 25.5. The number of aromatic nitrogens is 2. The molecular weight excluding hydrogens is 338 g/mol. The average Bonchev–Trinajstić information content (AvgIpc) is 2.29. The molecule has 0 saturated heterocycles. The molecule has 1 aromatic carbocycles. The Bertz CT molecular complexity index is 738. The van der Waals surface area contributed by atoms with Gasteiger partial charge in [-0.1, -0.05) is 15.9 Å². The number of nitrogens with two attached hydrogens (primary N) is 1. The molecule has 1 aromatic heterocycles. The highest BCUT2D eigenvalue weighted by atomic mass is 79.9. The lowest BCUT2D eigenvalue weighted by Gasteiger charge is -2.06. The van der Waals surface area contributed by atoms with Crippen LogP contribution in [0.5, 0.6) is 0 Å². The Kier molecular flexibility index (Phi) is 3.51. The summed E-state index contributed by atoms with van der Waals surface area (Å²) in [5, 5.41) is 0. The third-order valence-corrected chi connectivity index (χ3v) is 4.75. The number of nitrogens with one attached hydrogen (secondary N) is 1. The average molecular weight is 346 g/mol. The fourth-order valence-corrected chi connectivity index (χ4v) is 3.06. The fraction of sp³-hybridized carbons (Fsp3) is 0. The van der Waals surface area contributed by atoms with Crippen LogP contribution in [0, 0.1) is 4.77 Å². The predicted octanol–water partition coefficient (Wildman–Crippen LogP) is 2.32. The van der Waals surface area contributed by atoms with E-state index in [1.807, 2.05) is 0 Å². The van der Waals surface area contributed by atoms with Gasteiger partial charge in [-0.15, -0.1) is 0 Å². The third-order valence-electron chi connectivity index (χ3n) is 2.22. The van der Waals surface area contributed by atoms with Gasteiger partial charge in [0.25, 0.3) is 0 Å². The van der Waals surface area contributed by atoms with E-state index in [1.54, 1.807) is 12.1 Å². The minimum absolute atomic E-state index is 0.0158. The lowest BCUT2D eigenvalue weighted by atomic mass is 10.4. The zero-order valence-corrected chi connectivity index (χ0v) is 12.1. The number of sulfone groups is 1. The first kappa shape index (κ1) is 13.2. The van der Waals surface area contributed by atoms with E-state index in [-0.39, 0.29) is 20.4 Å². The van der Waals surface area contributed by atoms with Crippen LogP contribution < -0.4 is 5.73 Å². The van der Waals surface area contributed by atoms with Gasteiger partial charge in [0.15, 0.2) is 4.77 Å². The molecule has 1 heterocycles. The fourth-order valence-electron chi connectivity index (χ4n) is 1.35. The highest BCUT2D eigenvalue weighted by Crippen LogP contribution is 2.24. The zero-order chi connectivity index (χ0) is 13.3. The molecule has 0 radical (unpaired) electrons. The van der Waals surface area contributed by atoms with Crippen LogP contribution in [-0.4, -0.2) is 18.4 Å². The molecule has 0 bridgehead atoms. The van der Waals surface area contributed by atoms with Crippen LogP contribution in [0.3, 0.4) is 0 Å². The number of halogens is 1. The molecule has 0 unspecified atom stereocenters. The highest BCUT2D eigenvalue weighted by molar-refractivity contribution is 9.10. The van der Waals surface area contributed by atoms with E-state index in [9.17, 15) is 8.42 Å². The van der Waals surface area contributed by atoms with E-state index in [0.29, 0.717) is 0 Å². The molecule has 0 spiro atoms. The summed E-state index contributed by atoms with van der Waals surface area (Å²) in [6.45, 7) is 0. The van der Waals surface area contributed by atoms with Crippen molar-refractivity contribution in [3.05, 3.63) is 39.7 Å². The van der Waals surface area contributed by atoms with Crippen LogP contribution in [0.15, 0.2) is 44.7 Å². The topological polar surface area (TPSA) is 88.8 Å². The summed E-state index contributed by atoms with van der Waals surface area (Å²) in [6.07, 6.45) is 1.16. The van der Waals surface area contributed by atoms with Crippen molar-refractivity contribution in [2.45, 2.75) is 9.79 Å². The van der Waals surface area contributed by atoms with E-state index in [2.05, 4.69) is 25.9 Å². The van der Waals surface area contributed by atoms with Crippen molar-refractivity contribution in [3.8, 4) is 0 Å². The first-order valence-electron chi connectivity index (χ1n) is 4.77. The first-order chi connectivity index (χ1) is 8.41. The van der Waals surface area contributed by atoms with Crippen LogP contribution in [0.4, 0.5) is 5.82 Å². The van der Waals surface area contributed by atoms with Gasteiger partial charge in [-0.05, 0) is 36.5 Å². The highest BCUT2D eigenvalue weighted by Gasteiger charge is 2.21. The van der Waals surface area contributed by atoms with Crippen LogP contribution in [0.2, 0.25) is 0 Å².